The predicted molar refractivity (Wildman–Crippen MR) is 92.3 cm³/mol. The van der Waals surface area contributed by atoms with E-state index in [-0.39, 0.29) is 5.91 Å². The minimum absolute atomic E-state index is 0.300. The molecule has 0 aromatic heterocycles. The first-order valence-corrected chi connectivity index (χ1v) is 7.87. The van der Waals surface area contributed by atoms with E-state index in [0.29, 0.717) is 34.3 Å². The van der Waals surface area contributed by atoms with Crippen LogP contribution in [0.1, 0.15) is 41.3 Å². The van der Waals surface area contributed by atoms with Crippen LogP contribution in [0.15, 0.2) is 36.4 Å². The van der Waals surface area contributed by atoms with E-state index in [2.05, 4.69) is 19.2 Å². The summed E-state index contributed by atoms with van der Waals surface area (Å²) in [6.45, 7) is 4.53. The van der Waals surface area contributed by atoms with E-state index in [9.17, 15) is 9.82 Å². The number of halogens is 1. The van der Waals surface area contributed by atoms with Crippen molar-refractivity contribution >= 4 is 35.8 Å². The first-order chi connectivity index (χ1) is 11.0. The Balaban J connectivity index is 1.82. The van der Waals surface area contributed by atoms with Gasteiger partial charge in [0.05, 0.1) is 17.2 Å². The maximum Gasteiger partial charge on any atom is 0.491 e. The van der Waals surface area contributed by atoms with Crippen LogP contribution in [0.25, 0.3) is 0 Å². The van der Waals surface area contributed by atoms with Gasteiger partial charge in [-0.3, -0.25) is 4.79 Å². The molecule has 23 heavy (non-hydrogen) atoms. The normalized spacial score (nSPS) is 13.3. The molecule has 2 aromatic rings. The number of carbonyl (C=O) groups excluding carboxylic acids is 1. The molecule has 3 rings (SSSR count). The zero-order valence-corrected chi connectivity index (χ0v) is 13.7. The van der Waals surface area contributed by atoms with Gasteiger partial charge in [0.2, 0.25) is 0 Å². The molecule has 118 valence electrons. The molecule has 0 saturated heterocycles. The standard InChI is InChI=1S/C17H17BClNO3/c1-10(2)11-3-5-13(6-4-11)20-17(21)14-8-15-12(7-16(14)19)9-23-18(15)22/h3-8,10,22H,9H2,1-2H3,(H,20,21). The number of hydrogen-bond acceptors (Lipinski definition) is 3. The van der Waals surface area contributed by atoms with Gasteiger partial charge in [-0.1, -0.05) is 37.6 Å². The summed E-state index contributed by atoms with van der Waals surface area (Å²) in [5.74, 6) is 0.126. The van der Waals surface area contributed by atoms with Crippen molar-refractivity contribution in [1.82, 2.24) is 0 Å². The molecule has 0 radical (unpaired) electrons. The summed E-state index contributed by atoms with van der Waals surface area (Å²) in [5, 5.41) is 12.9. The number of benzene rings is 2. The first-order valence-electron chi connectivity index (χ1n) is 7.49. The number of carbonyl (C=O) groups is 1. The van der Waals surface area contributed by atoms with Crippen LogP contribution < -0.4 is 10.8 Å². The van der Waals surface area contributed by atoms with Crippen molar-refractivity contribution < 1.29 is 14.5 Å². The smallest absolute Gasteiger partial charge is 0.423 e. The maximum atomic E-state index is 12.4. The summed E-state index contributed by atoms with van der Waals surface area (Å²) in [6, 6.07) is 11.0. The molecule has 1 heterocycles. The fourth-order valence-electron chi connectivity index (χ4n) is 2.57. The van der Waals surface area contributed by atoms with Crippen molar-refractivity contribution in [2.24, 2.45) is 0 Å². The van der Waals surface area contributed by atoms with E-state index >= 15 is 0 Å². The number of amides is 1. The van der Waals surface area contributed by atoms with Crippen LogP contribution in [-0.4, -0.2) is 18.0 Å². The van der Waals surface area contributed by atoms with E-state index in [1.165, 1.54) is 5.56 Å². The minimum Gasteiger partial charge on any atom is -0.423 e. The van der Waals surface area contributed by atoms with Crippen LogP contribution in [0.2, 0.25) is 5.02 Å². The van der Waals surface area contributed by atoms with Crippen LogP contribution in [-0.2, 0) is 11.3 Å². The zero-order valence-electron chi connectivity index (χ0n) is 13.0. The molecular weight excluding hydrogens is 312 g/mol. The highest BCUT2D eigenvalue weighted by Crippen LogP contribution is 2.23. The Morgan fingerprint density at radius 3 is 2.65 bits per heavy atom. The average molecular weight is 330 g/mol. The van der Waals surface area contributed by atoms with E-state index in [0.717, 1.165) is 5.56 Å². The maximum absolute atomic E-state index is 12.4. The van der Waals surface area contributed by atoms with Gasteiger partial charge in [-0.2, -0.15) is 0 Å². The Hall–Kier alpha value is -1.82. The number of rotatable bonds is 3. The lowest BCUT2D eigenvalue weighted by atomic mass is 9.78. The van der Waals surface area contributed by atoms with Crippen molar-refractivity contribution in [3.05, 3.63) is 58.1 Å². The predicted octanol–water partition coefficient (Wildman–Crippen LogP) is 2.93. The molecule has 1 aliphatic heterocycles. The van der Waals surface area contributed by atoms with Crippen LogP contribution in [0, 0.1) is 0 Å². The summed E-state index contributed by atoms with van der Waals surface area (Å²) < 4.78 is 5.13. The molecule has 0 atom stereocenters. The van der Waals surface area contributed by atoms with Gasteiger partial charge in [0.15, 0.2) is 0 Å². The Labute approximate surface area is 140 Å². The van der Waals surface area contributed by atoms with Gasteiger partial charge in [0.1, 0.15) is 0 Å². The highest BCUT2D eigenvalue weighted by atomic mass is 35.5. The quantitative estimate of drug-likeness (QED) is 0.851. The van der Waals surface area contributed by atoms with Crippen molar-refractivity contribution in [1.29, 1.82) is 0 Å². The van der Waals surface area contributed by atoms with Gasteiger partial charge in [0.25, 0.3) is 5.91 Å². The van der Waals surface area contributed by atoms with E-state index in [1.54, 1.807) is 12.1 Å². The fraction of sp³-hybridized carbons (Fsp3) is 0.235. The molecule has 0 fully saturated rings. The number of anilines is 1. The number of fused-ring (bicyclic) bond motifs is 1. The van der Waals surface area contributed by atoms with Gasteiger partial charge in [0, 0.05) is 5.69 Å². The third-order valence-electron chi connectivity index (χ3n) is 3.97. The van der Waals surface area contributed by atoms with E-state index in [4.69, 9.17) is 16.3 Å². The van der Waals surface area contributed by atoms with Crippen LogP contribution >= 0.6 is 11.6 Å². The second-order valence-corrected chi connectivity index (χ2v) is 6.33. The summed E-state index contributed by atoms with van der Waals surface area (Å²) >= 11 is 6.19. The molecule has 1 amide bonds. The van der Waals surface area contributed by atoms with Crippen molar-refractivity contribution in [3.8, 4) is 0 Å². The van der Waals surface area contributed by atoms with Crippen LogP contribution in [0.4, 0.5) is 5.69 Å². The number of nitrogens with one attached hydrogen (secondary N) is 1. The third-order valence-corrected chi connectivity index (χ3v) is 4.28. The lowest BCUT2D eigenvalue weighted by Crippen LogP contribution is -2.29. The first kappa shape index (κ1) is 16.1. The third kappa shape index (κ3) is 3.27. The van der Waals surface area contributed by atoms with E-state index in [1.807, 2.05) is 24.3 Å². The topological polar surface area (TPSA) is 58.6 Å². The molecule has 0 unspecified atom stereocenters. The fourth-order valence-corrected chi connectivity index (χ4v) is 2.84. The molecular formula is C17H17BClNO3. The lowest BCUT2D eigenvalue weighted by molar-refractivity contribution is 0.102. The summed E-state index contributed by atoms with van der Waals surface area (Å²) in [6.07, 6.45) is 0. The Morgan fingerprint density at radius 1 is 1.30 bits per heavy atom. The highest BCUT2D eigenvalue weighted by molar-refractivity contribution is 6.61. The molecule has 0 bridgehead atoms. The zero-order chi connectivity index (χ0) is 16.6. The van der Waals surface area contributed by atoms with Gasteiger partial charge < -0.3 is 15.0 Å². The van der Waals surface area contributed by atoms with Crippen molar-refractivity contribution in [3.63, 3.8) is 0 Å². The summed E-state index contributed by atoms with van der Waals surface area (Å²) in [7, 11) is -1.00. The Bertz CT molecular complexity index is 746. The lowest BCUT2D eigenvalue weighted by Gasteiger charge is -2.10. The second kappa shape index (κ2) is 6.36. The SMILES string of the molecule is CC(C)c1ccc(NC(=O)c2cc3c(cc2Cl)COB3O)cc1. The van der Waals surface area contributed by atoms with Crippen molar-refractivity contribution in [2.45, 2.75) is 26.4 Å². The summed E-state index contributed by atoms with van der Waals surface area (Å²) in [5.41, 5.74) is 3.63. The molecule has 0 aliphatic carbocycles. The number of hydrogen-bond donors (Lipinski definition) is 2. The molecule has 4 nitrogen and oxygen atoms in total. The van der Waals surface area contributed by atoms with Gasteiger partial charge in [-0.05, 0) is 46.8 Å². The van der Waals surface area contributed by atoms with E-state index < -0.39 is 7.12 Å². The molecule has 2 N–H and O–H groups in total. The van der Waals surface area contributed by atoms with Gasteiger partial charge in [-0.25, -0.2) is 0 Å². The second-order valence-electron chi connectivity index (χ2n) is 5.93. The Morgan fingerprint density at radius 2 is 2.00 bits per heavy atom. The van der Waals surface area contributed by atoms with Crippen LogP contribution in [0.5, 0.6) is 0 Å². The summed E-state index contributed by atoms with van der Waals surface area (Å²) in [4.78, 5) is 12.4. The largest absolute Gasteiger partial charge is 0.491 e. The molecule has 0 saturated carbocycles. The Kier molecular flexibility index (Phi) is 4.44. The van der Waals surface area contributed by atoms with Crippen molar-refractivity contribution in [2.75, 3.05) is 5.32 Å². The molecule has 2 aromatic carbocycles. The monoisotopic (exact) mass is 329 g/mol. The molecule has 1 aliphatic rings. The van der Waals surface area contributed by atoms with Crippen LogP contribution in [0.3, 0.4) is 0 Å². The van der Waals surface area contributed by atoms with Gasteiger partial charge >= 0.3 is 7.12 Å². The average Bonchev–Trinajstić information content (AvgIpc) is 2.87. The van der Waals surface area contributed by atoms with Gasteiger partial charge in [-0.15, -0.1) is 0 Å². The molecule has 0 spiro atoms. The minimum atomic E-state index is -1.00. The highest BCUT2D eigenvalue weighted by Gasteiger charge is 2.29. The molecule has 6 heteroatoms.